The molecule has 0 saturated carbocycles. The predicted molar refractivity (Wildman–Crippen MR) is 71.5 cm³/mol. The molecule has 4 heteroatoms. The van der Waals surface area contributed by atoms with Crippen molar-refractivity contribution in [2.24, 2.45) is 5.92 Å². The molecule has 0 spiro atoms. The van der Waals surface area contributed by atoms with E-state index in [0.29, 0.717) is 17.2 Å². The first-order valence-corrected chi connectivity index (χ1v) is 6.43. The summed E-state index contributed by atoms with van der Waals surface area (Å²) in [4.78, 5) is 1.98. The average molecular weight is 299 g/mol. The lowest BCUT2D eigenvalue weighted by Gasteiger charge is -2.26. The van der Waals surface area contributed by atoms with E-state index in [1.165, 1.54) is 0 Å². The van der Waals surface area contributed by atoms with Gasteiger partial charge in [0.15, 0.2) is 5.82 Å². The van der Waals surface area contributed by atoms with Crippen LogP contribution in [-0.4, -0.2) is 13.1 Å². The monoisotopic (exact) mass is 298 g/mol. The highest BCUT2D eigenvalue weighted by atomic mass is 79.9. The second-order valence-corrected chi connectivity index (χ2v) is 5.10. The quantitative estimate of drug-likeness (QED) is 0.842. The summed E-state index contributed by atoms with van der Waals surface area (Å²) in [7, 11) is 0. The molecule has 0 amide bonds. The fourth-order valence-electron chi connectivity index (χ4n) is 1.71. The number of hydrogen-bond acceptors (Lipinski definition) is 2. The molecule has 0 aromatic heterocycles. The van der Waals surface area contributed by atoms with Crippen LogP contribution >= 0.6 is 15.9 Å². The SMILES string of the molecule is CCN(CC(C)C)c1ccc(C#N)c(Br)c1F. The van der Waals surface area contributed by atoms with E-state index in [9.17, 15) is 4.39 Å². The van der Waals surface area contributed by atoms with Crippen LogP contribution in [0, 0.1) is 23.1 Å². The number of benzene rings is 1. The average Bonchev–Trinajstić information content (AvgIpc) is 2.29. The van der Waals surface area contributed by atoms with Gasteiger partial charge in [0.2, 0.25) is 0 Å². The van der Waals surface area contributed by atoms with Gasteiger partial charge in [-0.15, -0.1) is 0 Å². The van der Waals surface area contributed by atoms with Crippen LogP contribution in [0.15, 0.2) is 16.6 Å². The van der Waals surface area contributed by atoms with Crippen molar-refractivity contribution in [3.05, 3.63) is 28.0 Å². The number of nitriles is 1. The Morgan fingerprint density at radius 2 is 2.12 bits per heavy atom. The Bertz CT molecular complexity index is 438. The molecule has 0 aliphatic heterocycles. The van der Waals surface area contributed by atoms with Crippen molar-refractivity contribution in [1.29, 1.82) is 5.26 Å². The van der Waals surface area contributed by atoms with Crippen LogP contribution in [0.2, 0.25) is 0 Å². The van der Waals surface area contributed by atoms with Crippen LogP contribution in [0.4, 0.5) is 10.1 Å². The summed E-state index contributed by atoms with van der Waals surface area (Å²) in [5.41, 5.74) is 0.874. The lowest BCUT2D eigenvalue weighted by molar-refractivity contribution is 0.583. The topological polar surface area (TPSA) is 27.0 Å². The number of nitrogens with zero attached hydrogens (tertiary/aromatic N) is 2. The second kappa shape index (κ2) is 6.02. The van der Waals surface area contributed by atoms with Gasteiger partial charge in [0.1, 0.15) is 6.07 Å². The van der Waals surface area contributed by atoms with Crippen molar-refractivity contribution in [3.8, 4) is 6.07 Å². The minimum absolute atomic E-state index is 0.250. The number of anilines is 1. The van der Waals surface area contributed by atoms with Gasteiger partial charge in [0, 0.05) is 13.1 Å². The first-order chi connectivity index (χ1) is 8.01. The van der Waals surface area contributed by atoms with Gasteiger partial charge in [-0.1, -0.05) is 13.8 Å². The zero-order chi connectivity index (χ0) is 13.0. The van der Waals surface area contributed by atoms with Crippen LogP contribution < -0.4 is 4.90 Å². The van der Waals surface area contributed by atoms with Crippen molar-refractivity contribution >= 4 is 21.6 Å². The zero-order valence-electron chi connectivity index (χ0n) is 10.3. The molecule has 0 atom stereocenters. The molecule has 92 valence electrons. The van der Waals surface area contributed by atoms with Crippen LogP contribution in [0.25, 0.3) is 0 Å². The summed E-state index contributed by atoms with van der Waals surface area (Å²) < 4.78 is 14.3. The van der Waals surface area contributed by atoms with Gasteiger partial charge in [-0.05, 0) is 40.9 Å². The largest absolute Gasteiger partial charge is 0.369 e. The predicted octanol–water partition coefficient (Wildman–Crippen LogP) is 3.94. The van der Waals surface area contributed by atoms with Gasteiger partial charge in [0.25, 0.3) is 0 Å². The van der Waals surface area contributed by atoms with E-state index >= 15 is 0 Å². The van der Waals surface area contributed by atoms with Crippen LogP contribution in [0.3, 0.4) is 0 Å². The van der Waals surface area contributed by atoms with Gasteiger partial charge in [0.05, 0.1) is 15.7 Å². The molecule has 0 fully saturated rings. The van der Waals surface area contributed by atoms with Crippen LogP contribution in [0.5, 0.6) is 0 Å². The molecule has 1 aromatic rings. The van der Waals surface area contributed by atoms with Gasteiger partial charge in [-0.2, -0.15) is 5.26 Å². The fraction of sp³-hybridized carbons (Fsp3) is 0.462. The van der Waals surface area contributed by atoms with E-state index in [0.717, 1.165) is 13.1 Å². The Labute approximate surface area is 110 Å². The minimum Gasteiger partial charge on any atom is -0.369 e. The molecule has 0 unspecified atom stereocenters. The number of halogens is 2. The van der Waals surface area contributed by atoms with E-state index in [1.807, 2.05) is 17.9 Å². The molecule has 1 aromatic carbocycles. The maximum absolute atomic E-state index is 14.1. The van der Waals surface area contributed by atoms with E-state index in [1.54, 1.807) is 12.1 Å². The van der Waals surface area contributed by atoms with Crippen molar-refractivity contribution in [2.75, 3.05) is 18.0 Å². The van der Waals surface area contributed by atoms with Crippen molar-refractivity contribution in [3.63, 3.8) is 0 Å². The van der Waals surface area contributed by atoms with Crippen molar-refractivity contribution in [2.45, 2.75) is 20.8 Å². The summed E-state index contributed by atoms with van der Waals surface area (Å²) in [5, 5.41) is 8.81. The van der Waals surface area contributed by atoms with Crippen molar-refractivity contribution in [1.82, 2.24) is 0 Å². The van der Waals surface area contributed by atoms with Gasteiger partial charge in [-0.3, -0.25) is 0 Å². The zero-order valence-corrected chi connectivity index (χ0v) is 11.9. The van der Waals surface area contributed by atoms with Crippen LogP contribution in [-0.2, 0) is 0 Å². The molecule has 2 nitrogen and oxygen atoms in total. The standard InChI is InChI=1S/C13H16BrFN2/c1-4-17(8-9(2)3)11-6-5-10(7-16)12(14)13(11)15/h5-6,9H,4,8H2,1-3H3. The molecule has 0 bridgehead atoms. The molecular formula is C13H16BrFN2. The van der Waals surface area contributed by atoms with Crippen molar-refractivity contribution < 1.29 is 4.39 Å². The third kappa shape index (κ3) is 3.19. The summed E-state index contributed by atoms with van der Waals surface area (Å²) in [5.74, 6) is 0.107. The first-order valence-electron chi connectivity index (χ1n) is 5.64. The summed E-state index contributed by atoms with van der Waals surface area (Å²) >= 11 is 3.13. The number of hydrogen-bond donors (Lipinski definition) is 0. The molecular weight excluding hydrogens is 283 g/mol. The Morgan fingerprint density at radius 1 is 1.47 bits per heavy atom. The summed E-state index contributed by atoms with van der Waals surface area (Å²) in [6.07, 6.45) is 0. The molecule has 0 aliphatic rings. The number of rotatable bonds is 4. The van der Waals surface area contributed by atoms with E-state index < -0.39 is 0 Å². The smallest absolute Gasteiger partial charge is 0.161 e. The maximum atomic E-state index is 14.1. The molecule has 0 N–H and O–H groups in total. The molecule has 0 saturated heterocycles. The second-order valence-electron chi connectivity index (χ2n) is 4.30. The van der Waals surface area contributed by atoms with Gasteiger partial charge >= 0.3 is 0 Å². The molecule has 17 heavy (non-hydrogen) atoms. The maximum Gasteiger partial charge on any atom is 0.161 e. The highest BCUT2D eigenvalue weighted by Crippen LogP contribution is 2.29. The fourth-order valence-corrected chi connectivity index (χ4v) is 2.13. The van der Waals surface area contributed by atoms with E-state index in [-0.39, 0.29) is 10.3 Å². The third-order valence-corrected chi connectivity index (χ3v) is 3.27. The summed E-state index contributed by atoms with van der Waals surface area (Å²) in [6, 6.07) is 5.27. The summed E-state index contributed by atoms with van der Waals surface area (Å²) in [6.45, 7) is 7.73. The molecule has 0 aliphatic carbocycles. The Morgan fingerprint density at radius 3 is 2.59 bits per heavy atom. The molecule has 0 radical (unpaired) electrons. The lowest BCUT2D eigenvalue weighted by atomic mass is 10.1. The van der Waals surface area contributed by atoms with E-state index in [2.05, 4.69) is 29.8 Å². The Kier molecular flexibility index (Phi) is 4.95. The molecule has 0 heterocycles. The lowest BCUT2D eigenvalue weighted by Crippen LogP contribution is -2.28. The van der Waals surface area contributed by atoms with Gasteiger partial charge in [-0.25, -0.2) is 4.39 Å². The van der Waals surface area contributed by atoms with Crippen LogP contribution in [0.1, 0.15) is 26.3 Å². The molecule has 1 rings (SSSR count). The minimum atomic E-state index is -0.355. The Balaban J connectivity index is 3.14. The van der Waals surface area contributed by atoms with Gasteiger partial charge < -0.3 is 4.90 Å². The van der Waals surface area contributed by atoms with E-state index in [4.69, 9.17) is 5.26 Å². The third-order valence-electron chi connectivity index (χ3n) is 2.49. The Hall–Kier alpha value is -1.08. The first kappa shape index (κ1) is 14.0. The normalized spacial score (nSPS) is 10.4. The highest BCUT2D eigenvalue weighted by molar-refractivity contribution is 9.10. The highest BCUT2D eigenvalue weighted by Gasteiger charge is 2.16.